The molecule has 0 aliphatic heterocycles. The molecule has 0 atom stereocenters. The normalized spacial score (nSPS) is 10.3. The molecule has 0 amide bonds. The van der Waals surface area contributed by atoms with Crippen LogP contribution in [0.3, 0.4) is 0 Å². The molecule has 7 nitrogen and oxygen atoms in total. The molecule has 0 bridgehead atoms. The number of hydrogen-bond acceptors (Lipinski definition) is 5. The lowest BCUT2D eigenvalue weighted by Crippen LogP contribution is -2.20. The number of methoxy groups -OCH3 is 2. The Morgan fingerprint density at radius 2 is 1.85 bits per heavy atom. The van der Waals surface area contributed by atoms with Crippen LogP contribution in [0.4, 0.5) is 11.6 Å². The molecule has 0 aliphatic carbocycles. The van der Waals surface area contributed by atoms with Gasteiger partial charge in [0.25, 0.3) is 0 Å². The molecule has 8 heteroatoms. The zero-order valence-corrected chi connectivity index (χ0v) is 16.2. The summed E-state index contributed by atoms with van der Waals surface area (Å²) in [6.45, 7) is 2.73. The summed E-state index contributed by atoms with van der Waals surface area (Å²) in [7, 11) is 3.18. The van der Waals surface area contributed by atoms with Crippen LogP contribution in [-0.4, -0.2) is 34.1 Å². The minimum absolute atomic E-state index is 0.385. The zero-order chi connectivity index (χ0) is 19.2. The molecule has 3 aromatic rings. The predicted molar refractivity (Wildman–Crippen MR) is 110 cm³/mol. The maximum Gasteiger partial charge on any atom is 0.248 e. The van der Waals surface area contributed by atoms with Crippen LogP contribution < -0.4 is 20.1 Å². The Bertz CT molecular complexity index is 941. The summed E-state index contributed by atoms with van der Waals surface area (Å²) in [6, 6.07) is 13.6. The maximum absolute atomic E-state index is 5.33. The van der Waals surface area contributed by atoms with Crippen molar-refractivity contribution in [1.29, 1.82) is 0 Å². The van der Waals surface area contributed by atoms with E-state index in [1.54, 1.807) is 37.4 Å². The third kappa shape index (κ3) is 4.73. The first-order chi connectivity index (χ1) is 13.1. The van der Waals surface area contributed by atoms with Gasteiger partial charge in [0.1, 0.15) is 6.33 Å². The van der Waals surface area contributed by atoms with Crippen LogP contribution in [0.1, 0.15) is 11.1 Å². The quantitative estimate of drug-likeness (QED) is 0.632. The van der Waals surface area contributed by atoms with E-state index < -0.39 is 0 Å². The molecule has 140 valence electrons. The third-order valence-electron chi connectivity index (χ3n) is 4.00. The van der Waals surface area contributed by atoms with E-state index in [4.69, 9.17) is 21.7 Å². The number of nitrogens with zero attached hydrogens (tertiary/aromatic N) is 3. The molecule has 0 saturated heterocycles. The lowest BCUT2D eigenvalue weighted by atomic mass is 10.1. The zero-order valence-electron chi connectivity index (χ0n) is 15.4. The smallest absolute Gasteiger partial charge is 0.248 e. The minimum Gasteiger partial charge on any atom is -0.493 e. The number of thiocarbonyl (C=S) groups is 1. The van der Waals surface area contributed by atoms with Gasteiger partial charge in [-0.05, 0) is 42.4 Å². The fraction of sp³-hybridized carbons (Fsp3) is 0.211. The molecule has 0 aliphatic rings. The number of aryl methyl sites for hydroxylation is 1. The standard InChI is InChI=1S/C19H21N5O2S/c1-13-6-4-5-7-14(13)11-24-12-20-18(23-24)22-19(27)21-15-8-9-16(25-2)17(10-15)26-3/h4-10,12H,11H2,1-3H3,(H2,21,22,23,27). The SMILES string of the molecule is COc1ccc(NC(=S)Nc2ncn(Cc3ccccc3C)n2)cc1OC. The summed E-state index contributed by atoms with van der Waals surface area (Å²) in [4.78, 5) is 4.25. The van der Waals surface area contributed by atoms with Gasteiger partial charge < -0.3 is 14.8 Å². The molecule has 0 radical (unpaired) electrons. The first-order valence-electron chi connectivity index (χ1n) is 8.33. The summed E-state index contributed by atoms with van der Waals surface area (Å²) in [5.74, 6) is 1.70. The average molecular weight is 383 g/mol. The summed E-state index contributed by atoms with van der Waals surface area (Å²) in [5, 5.41) is 10.9. The average Bonchev–Trinajstić information content (AvgIpc) is 3.10. The first kappa shape index (κ1) is 18.7. The van der Waals surface area contributed by atoms with Gasteiger partial charge in [-0.1, -0.05) is 24.3 Å². The van der Waals surface area contributed by atoms with Gasteiger partial charge in [-0.3, -0.25) is 5.32 Å². The van der Waals surface area contributed by atoms with E-state index in [0.717, 1.165) is 5.69 Å². The number of anilines is 2. The van der Waals surface area contributed by atoms with E-state index in [0.29, 0.717) is 29.1 Å². The molecular weight excluding hydrogens is 362 g/mol. The lowest BCUT2D eigenvalue weighted by Gasteiger charge is -2.11. The van der Waals surface area contributed by atoms with E-state index in [9.17, 15) is 0 Å². The number of benzene rings is 2. The monoisotopic (exact) mass is 383 g/mol. The Hall–Kier alpha value is -3.13. The van der Waals surface area contributed by atoms with Gasteiger partial charge in [-0.2, -0.15) is 0 Å². The van der Waals surface area contributed by atoms with Crippen LogP contribution in [0.15, 0.2) is 48.8 Å². The molecule has 0 saturated carbocycles. The summed E-state index contributed by atoms with van der Waals surface area (Å²) in [6.07, 6.45) is 1.67. The highest BCUT2D eigenvalue weighted by atomic mass is 32.1. The van der Waals surface area contributed by atoms with Crippen LogP contribution in [0.5, 0.6) is 11.5 Å². The van der Waals surface area contributed by atoms with Gasteiger partial charge in [0.15, 0.2) is 16.6 Å². The molecule has 27 heavy (non-hydrogen) atoms. The van der Waals surface area contributed by atoms with Crippen molar-refractivity contribution in [3.05, 3.63) is 59.9 Å². The Morgan fingerprint density at radius 1 is 1.07 bits per heavy atom. The largest absolute Gasteiger partial charge is 0.493 e. The second-order valence-electron chi connectivity index (χ2n) is 5.84. The number of rotatable bonds is 6. The second-order valence-corrected chi connectivity index (χ2v) is 6.25. The Morgan fingerprint density at radius 3 is 2.59 bits per heavy atom. The van der Waals surface area contributed by atoms with Gasteiger partial charge in [0.05, 0.1) is 20.8 Å². The van der Waals surface area contributed by atoms with Crippen molar-refractivity contribution >= 4 is 29.0 Å². The van der Waals surface area contributed by atoms with Crippen molar-refractivity contribution in [3.8, 4) is 11.5 Å². The molecular formula is C19H21N5O2S. The number of ether oxygens (including phenoxy) is 2. The van der Waals surface area contributed by atoms with Gasteiger partial charge >= 0.3 is 0 Å². The van der Waals surface area contributed by atoms with Crippen LogP contribution in [0, 0.1) is 6.92 Å². The molecule has 2 N–H and O–H groups in total. The summed E-state index contributed by atoms with van der Waals surface area (Å²) in [5.41, 5.74) is 3.18. The van der Waals surface area contributed by atoms with E-state index >= 15 is 0 Å². The molecule has 0 fully saturated rings. The fourth-order valence-electron chi connectivity index (χ4n) is 2.57. The Balaban J connectivity index is 1.62. The molecule has 3 rings (SSSR count). The van der Waals surface area contributed by atoms with Crippen molar-refractivity contribution in [2.45, 2.75) is 13.5 Å². The second kappa shape index (κ2) is 8.50. The topological polar surface area (TPSA) is 73.2 Å². The van der Waals surface area contributed by atoms with Crippen LogP contribution in [0.2, 0.25) is 0 Å². The van der Waals surface area contributed by atoms with E-state index in [2.05, 4.69) is 39.8 Å². The van der Waals surface area contributed by atoms with E-state index in [-0.39, 0.29) is 0 Å². The number of nitrogens with one attached hydrogen (secondary N) is 2. The van der Waals surface area contributed by atoms with Gasteiger partial charge in [0, 0.05) is 11.8 Å². The first-order valence-corrected chi connectivity index (χ1v) is 8.74. The van der Waals surface area contributed by atoms with Gasteiger partial charge in [-0.15, -0.1) is 5.10 Å². The van der Waals surface area contributed by atoms with E-state index in [1.807, 2.05) is 18.2 Å². The minimum atomic E-state index is 0.385. The van der Waals surface area contributed by atoms with Crippen LogP contribution >= 0.6 is 12.2 Å². The third-order valence-corrected chi connectivity index (χ3v) is 4.20. The van der Waals surface area contributed by atoms with Crippen LogP contribution in [0.25, 0.3) is 0 Å². The maximum atomic E-state index is 5.33. The van der Waals surface area contributed by atoms with Crippen molar-refractivity contribution in [2.24, 2.45) is 0 Å². The lowest BCUT2D eigenvalue weighted by molar-refractivity contribution is 0.355. The fourth-order valence-corrected chi connectivity index (χ4v) is 2.78. The highest BCUT2D eigenvalue weighted by molar-refractivity contribution is 7.80. The van der Waals surface area contributed by atoms with Gasteiger partial charge in [0.2, 0.25) is 5.95 Å². The Kier molecular flexibility index (Phi) is 5.87. The summed E-state index contributed by atoms with van der Waals surface area (Å²) >= 11 is 5.33. The van der Waals surface area contributed by atoms with E-state index in [1.165, 1.54) is 11.1 Å². The van der Waals surface area contributed by atoms with Crippen molar-refractivity contribution in [3.63, 3.8) is 0 Å². The summed E-state index contributed by atoms with van der Waals surface area (Å²) < 4.78 is 12.3. The van der Waals surface area contributed by atoms with Crippen molar-refractivity contribution in [2.75, 3.05) is 24.9 Å². The predicted octanol–water partition coefficient (Wildman–Crippen LogP) is 3.46. The highest BCUT2D eigenvalue weighted by Gasteiger charge is 2.08. The van der Waals surface area contributed by atoms with Crippen LogP contribution in [-0.2, 0) is 6.54 Å². The molecule has 2 aromatic carbocycles. The molecule has 0 spiro atoms. The van der Waals surface area contributed by atoms with Gasteiger partial charge in [-0.25, -0.2) is 9.67 Å². The highest BCUT2D eigenvalue weighted by Crippen LogP contribution is 2.29. The number of hydrogen-bond donors (Lipinski definition) is 2. The Labute approximate surface area is 163 Å². The van der Waals surface area contributed by atoms with Crippen molar-refractivity contribution < 1.29 is 9.47 Å². The number of aromatic nitrogens is 3. The molecule has 1 aromatic heterocycles. The molecule has 1 heterocycles. The molecule has 0 unspecified atom stereocenters. The van der Waals surface area contributed by atoms with Crippen molar-refractivity contribution in [1.82, 2.24) is 14.8 Å².